The van der Waals surface area contributed by atoms with E-state index in [9.17, 15) is 4.79 Å². The van der Waals surface area contributed by atoms with E-state index in [1.807, 2.05) is 21.7 Å². The predicted octanol–water partition coefficient (Wildman–Crippen LogP) is 3.18. The van der Waals surface area contributed by atoms with E-state index in [-0.39, 0.29) is 23.5 Å². The van der Waals surface area contributed by atoms with Crippen molar-refractivity contribution in [2.75, 3.05) is 26.3 Å². The predicted molar refractivity (Wildman–Crippen MR) is 87.3 cm³/mol. The van der Waals surface area contributed by atoms with Crippen LogP contribution in [0.3, 0.4) is 0 Å². The van der Waals surface area contributed by atoms with E-state index < -0.39 is 0 Å². The molecule has 1 amide bonds. The van der Waals surface area contributed by atoms with Crippen LogP contribution in [-0.2, 0) is 9.47 Å². The number of likely N-dealkylation sites (tertiary alicyclic amines) is 1. The average Bonchev–Trinajstić information content (AvgIpc) is 3.06. The molecule has 0 N–H and O–H groups in total. The van der Waals surface area contributed by atoms with Crippen LogP contribution >= 0.6 is 11.3 Å². The van der Waals surface area contributed by atoms with Gasteiger partial charge in [0, 0.05) is 30.5 Å². The van der Waals surface area contributed by atoms with E-state index in [2.05, 4.69) is 13.8 Å². The minimum atomic E-state index is -0.0353. The van der Waals surface area contributed by atoms with Gasteiger partial charge in [-0.15, -0.1) is 0 Å². The Morgan fingerprint density at radius 3 is 3.18 bits per heavy atom. The lowest BCUT2D eigenvalue weighted by atomic mass is 9.73. The first-order valence-corrected chi connectivity index (χ1v) is 9.10. The second-order valence-corrected chi connectivity index (χ2v) is 7.49. The molecule has 5 heteroatoms. The zero-order valence-electron chi connectivity index (χ0n) is 13.4. The van der Waals surface area contributed by atoms with E-state index in [1.165, 1.54) is 0 Å². The molecule has 1 aromatic rings. The van der Waals surface area contributed by atoms with Gasteiger partial charge in [-0.2, -0.15) is 11.3 Å². The van der Waals surface area contributed by atoms with Crippen molar-refractivity contribution in [3.05, 3.63) is 22.4 Å². The molecule has 0 radical (unpaired) electrons. The fraction of sp³-hybridized carbons (Fsp3) is 0.706. The maximum absolute atomic E-state index is 12.7. The van der Waals surface area contributed by atoms with Crippen LogP contribution in [-0.4, -0.2) is 49.3 Å². The summed E-state index contributed by atoms with van der Waals surface area (Å²) in [5.41, 5.74) is 0.770. The minimum absolute atomic E-state index is 0.0353. The van der Waals surface area contributed by atoms with Crippen molar-refractivity contribution < 1.29 is 14.3 Å². The van der Waals surface area contributed by atoms with E-state index in [0.717, 1.165) is 44.5 Å². The Bertz CT molecular complexity index is 502. The highest BCUT2D eigenvalue weighted by atomic mass is 32.1. The summed E-state index contributed by atoms with van der Waals surface area (Å²) in [6.45, 7) is 7.18. The Hall–Kier alpha value is -0.910. The number of thiophene rings is 1. The molecule has 0 saturated carbocycles. The molecule has 0 bridgehead atoms. The molecule has 3 heterocycles. The number of hydrogen-bond acceptors (Lipinski definition) is 4. The molecule has 1 aromatic heterocycles. The van der Waals surface area contributed by atoms with Crippen LogP contribution in [0.2, 0.25) is 0 Å². The summed E-state index contributed by atoms with van der Waals surface area (Å²) in [6.07, 6.45) is 3.49. The van der Waals surface area contributed by atoms with Gasteiger partial charge in [0.15, 0.2) is 0 Å². The molecule has 2 atom stereocenters. The highest BCUT2D eigenvalue weighted by Crippen LogP contribution is 2.41. The van der Waals surface area contributed by atoms with Crippen molar-refractivity contribution in [1.82, 2.24) is 4.90 Å². The van der Waals surface area contributed by atoms with Gasteiger partial charge in [0.1, 0.15) is 0 Å². The molecular formula is C17H25NO3S. The zero-order valence-corrected chi connectivity index (χ0v) is 14.2. The first-order valence-electron chi connectivity index (χ1n) is 8.15. The molecule has 22 heavy (non-hydrogen) atoms. The Morgan fingerprint density at radius 2 is 2.45 bits per heavy atom. The standard InChI is InChI=1S/C17H25NO3S/c1-13(2)21-12-17-6-3-8-20-15(17)4-7-18(11-17)16(19)14-5-9-22-10-14/h5,9-10,13,15H,3-4,6-8,11-12H2,1-2H3/t15-,17-/m0/s1. The Labute approximate surface area is 136 Å². The lowest BCUT2D eigenvalue weighted by molar-refractivity contribution is -0.152. The SMILES string of the molecule is CC(C)OC[C@@]12CCCO[C@H]1CCN(C(=O)c1ccsc1)C2. The van der Waals surface area contributed by atoms with Crippen LogP contribution in [0, 0.1) is 5.41 Å². The third kappa shape index (κ3) is 3.21. The normalized spacial score (nSPS) is 28.7. The number of hydrogen-bond donors (Lipinski definition) is 0. The molecule has 2 saturated heterocycles. The molecule has 2 fully saturated rings. The fourth-order valence-electron chi connectivity index (χ4n) is 3.58. The smallest absolute Gasteiger partial charge is 0.254 e. The van der Waals surface area contributed by atoms with Gasteiger partial charge in [0.05, 0.1) is 24.4 Å². The number of piperidine rings is 1. The number of rotatable bonds is 4. The molecule has 2 aliphatic rings. The van der Waals surface area contributed by atoms with Gasteiger partial charge in [0.25, 0.3) is 5.91 Å². The van der Waals surface area contributed by atoms with E-state index >= 15 is 0 Å². The first-order chi connectivity index (χ1) is 10.6. The van der Waals surface area contributed by atoms with Crippen molar-refractivity contribution >= 4 is 17.2 Å². The van der Waals surface area contributed by atoms with Crippen LogP contribution in [0.25, 0.3) is 0 Å². The van der Waals surface area contributed by atoms with Gasteiger partial charge in [-0.3, -0.25) is 4.79 Å². The Balaban J connectivity index is 1.75. The second kappa shape index (κ2) is 6.69. The van der Waals surface area contributed by atoms with E-state index in [1.54, 1.807) is 11.3 Å². The average molecular weight is 323 g/mol. The quantitative estimate of drug-likeness (QED) is 0.854. The number of ether oxygens (including phenoxy) is 2. The maximum Gasteiger partial charge on any atom is 0.254 e. The number of nitrogens with zero attached hydrogens (tertiary/aromatic N) is 1. The fourth-order valence-corrected chi connectivity index (χ4v) is 4.21. The minimum Gasteiger partial charge on any atom is -0.378 e. The van der Waals surface area contributed by atoms with Crippen molar-refractivity contribution in [3.8, 4) is 0 Å². The van der Waals surface area contributed by atoms with Crippen molar-refractivity contribution in [3.63, 3.8) is 0 Å². The highest BCUT2D eigenvalue weighted by Gasteiger charge is 2.47. The first kappa shape index (κ1) is 16.0. The van der Waals surface area contributed by atoms with Crippen LogP contribution < -0.4 is 0 Å². The molecule has 0 unspecified atom stereocenters. The second-order valence-electron chi connectivity index (χ2n) is 6.71. The third-order valence-electron chi connectivity index (χ3n) is 4.75. The van der Waals surface area contributed by atoms with Crippen LogP contribution in [0.1, 0.15) is 43.5 Å². The molecule has 122 valence electrons. The van der Waals surface area contributed by atoms with Crippen molar-refractivity contribution in [2.24, 2.45) is 5.41 Å². The Morgan fingerprint density at radius 1 is 1.59 bits per heavy atom. The van der Waals surface area contributed by atoms with Gasteiger partial charge in [0.2, 0.25) is 0 Å². The number of amides is 1. The van der Waals surface area contributed by atoms with Gasteiger partial charge >= 0.3 is 0 Å². The van der Waals surface area contributed by atoms with Gasteiger partial charge < -0.3 is 14.4 Å². The van der Waals surface area contributed by atoms with Gasteiger partial charge in [-0.05, 0) is 44.6 Å². The van der Waals surface area contributed by atoms with Crippen LogP contribution in [0.4, 0.5) is 0 Å². The summed E-state index contributed by atoms with van der Waals surface area (Å²) in [5.74, 6) is 0.147. The number of carbonyl (C=O) groups excluding carboxylic acids is 1. The molecule has 0 spiro atoms. The van der Waals surface area contributed by atoms with Crippen molar-refractivity contribution in [1.29, 1.82) is 0 Å². The highest BCUT2D eigenvalue weighted by molar-refractivity contribution is 7.08. The third-order valence-corrected chi connectivity index (χ3v) is 5.43. The summed E-state index contributed by atoms with van der Waals surface area (Å²) >= 11 is 1.57. The number of fused-ring (bicyclic) bond motifs is 1. The summed E-state index contributed by atoms with van der Waals surface area (Å²) < 4.78 is 12.0. The molecule has 4 nitrogen and oxygen atoms in total. The monoisotopic (exact) mass is 323 g/mol. The molecule has 3 rings (SSSR count). The molecular weight excluding hydrogens is 298 g/mol. The van der Waals surface area contributed by atoms with Gasteiger partial charge in [-0.25, -0.2) is 0 Å². The molecule has 0 aromatic carbocycles. The summed E-state index contributed by atoms with van der Waals surface area (Å²) in [5, 5.41) is 3.89. The van der Waals surface area contributed by atoms with E-state index in [0.29, 0.717) is 6.61 Å². The summed E-state index contributed by atoms with van der Waals surface area (Å²) in [6, 6.07) is 1.91. The van der Waals surface area contributed by atoms with E-state index in [4.69, 9.17) is 9.47 Å². The lowest BCUT2D eigenvalue weighted by Gasteiger charge is -2.50. The Kier molecular flexibility index (Phi) is 4.85. The molecule has 0 aliphatic carbocycles. The maximum atomic E-state index is 12.7. The largest absolute Gasteiger partial charge is 0.378 e. The topological polar surface area (TPSA) is 38.8 Å². The van der Waals surface area contributed by atoms with Crippen LogP contribution in [0.15, 0.2) is 16.8 Å². The lowest BCUT2D eigenvalue weighted by Crippen LogP contribution is -2.58. The van der Waals surface area contributed by atoms with Gasteiger partial charge in [-0.1, -0.05) is 0 Å². The van der Waals surface area contributed by atoms with Crippen LogP contribution in [0.5, 0.6) is 0 Å². The summed E-state index contributed by atoms with van der Waals surface area (Å²) in [7, 11) is 0. The van der Waals surface area contributed by atoms with Crippen molar-refractivity contribution in [2.45, 2.75) is 45.3 Å². The number of carbonyl (C=O) groups is 1. The molecule has 2 aliphatic heterocycles. The zero-order chi connectivity index (χ0) is 15.6. The summed E-state index contributed by atoms with van der Waals surface area (Å²) in [4.78, 5) is 14.7.